The molecule has 0 aromatic carbocycles. The fraction of sp³-hybridized carbons (Fsp3) is 0.143. The van der Waals surface area contributed by atoms with E-state index in [2.05, 4.69) is 4.98 Å². The summed E-state index contributed by atoms with van der Waals surface area (Å²) in [5.41, 5.74) is 5.30. The Labute approximate surface area is 67.8 Å². The van der Waals surface area contributed by atoms with Gasteiger partial charge in [-0.1, -0.05) is 0 Å². The van der Waals surface area contributed by atoms with E-state index in [0.29, 0.717) is 0 Å². The van der Waals surface area contributed by atoms with Gasteiger partial charge in [0, 0.05) is 11.8 Å². The zero-order chi connectivity index (χ0) is 9.14. The van der Waals surface area contributed by atoms with E-state index in [1.165, 1.54) is 6.20 Å². The highest BCUT2D eigenvalue weighted by molar-refractivity contribution is 5.72. The Bertz CT molecular complexity index is 314. The average molecular weight is 170 g/mol. The molecule has 0 aliphatic carbocycles. The average Bonchev–Trinajstić information content (AvgIpc) is 1.98. The van der Waals surface area contributed by atoms with Crippen LogP contribution in [0, 0.1) is 5.82 Å². The first-order chi connectivity index (χ1) is 5.61. The van der Waals surface area contributed by atoms with Crippen LogP contribution in [0.2, 0.25) is 0 Å². The van der Waals surface area contributed by atoms with Crippen molar-refractivity contribution in [1.82, 2.24) is 4.98 Å². The summed E-state index contributed by atoms with van der Waals surface area (Å²) < 4.78 is 12.6. The van der Waals surface area contributed by atoms with Gasteiger partial charge >= 0.3 is 5.97 Å². The number of anilines is 1. The molecule has 0 fully saturated rings. The highest BCUT2D eigenvalue weighted by Gasteiger charge is 2.08. The minimum absolute atomic E-state index is 0.146. The van der Waals surface area contributed by atoms with Gasteiger partial charge in [0.25, 0.3) is 0 Å². The number of hydrogen-bond acceptors (Lipinski definition) is 3. The van der Waals surface area contributed by atoms with Crippen LogP contribution in [0.4, 0.5) is 10.1 Å². The smallest absolute Gasteiger partial charge is 0.307 e. The van der Waals surface area contributed by atoms with E-state index in [4.69, 9.17) is 10.8 Å². The molecular formula is C7H7FN2O2. The summed E-state index contributed by atoms with van der Waals surface area (Å²) in [5.74, 6) is -1.75. The van der Waals surface area contributed by atoms with Crippen molar-refractivity contribution in [1.29, 1.82) is 0 Å². The molecule has 0 atom stereocenters. The van der Waals surface area contributed by atoms with Crippen LogP contribution in [0.3, 0.4) is 0 Å². The Kier molecular flexibility index (Phi) is 2.23. The van der Waals surface area contributed by atoms with Crippen LogP contribution in [0.15, 0.2) is 12.4 Å². The first-order valence-electron chi connectivity index (χ1n) is 3.21. The van der Waals surface area contributed by atoms with Gasteiger partial charge in [0.05, 0.1) is 18.3 Å². The lowest BCUT2D eigenvalue weighted by Gasteiger charge is -2.01. The standard InChI is InChI=1S/C7H7FN2O2/c8-5-3-10-2-4(7(5)9)1-6(11)12/h2-3H,1H2,(H2,9,10)(H,11,12). The third-order valence-corrected chi connectivity index (χ3v) is 1.36. The monoisotopic (exact) mass is 170 g/mol. The van der Waals surface area contributed by atoms with Crippen LogP contribution in [-0.4, -0.2) is 16.1 Å². The molecule has 3 N–H and O–H groups in total. The second-order valence-corrected chi connectivity index (χ2v) is 2.26. The molecule has 1 rings (SSSR count). The van der Waals surface area contributed by atoms with Gasteiger partial charge < -0.3 is 10.8 Å². The molecule has 1 aromatic heterocycles. The molecule has 4 nitrogen and oxygen atoms in total. The normalized spacial score (nSPS) is 9.75. The summed E-state index contributed by atoms with van der Waals surface area (Å²) in [6.07, 6.45) is 1.88. The summed E-state index contributed by atoms with van der Waals surface area (Å²) in [7, 11) is 0. The van der Waals surface area contributed by atoms with Gasteiger partial charge in [0.1, 0.15) is 0 Å². The second kappa shape index (κ2) is 3.17. The number of aliphatic carboxylic acids is 1. The quantitative estimate of drug-likeness (QED) is 0.674. The number of aromatic nitrogens is 1. The molecule has 0 aliphatic heterocycles. The first-order valence-corrected chi connectivity index (χ1v) is 3.21. The minimum Gasteiger partial charge on any atom is -0.481 e. The molecule has 5 heteroatoms. The zero-order valence-electron chi connectivity index (χ0n) is 6.12. The van der Waals surface area contributed by atoms with E-state index >= 15 is 0 Å². The second-order valence-electron chi connectivity index (χ2n) is 2.26. The highest BCUT2D eigenvalue weighted by atomic mass is 19.1. The molecule has 1 aromatic rings. The van der Waals surface area contributed by atoms with Crippen LogP contribution in [0.1, 0.15) is 5.56 Å². The molecule has 0 unspecified atom stereocenters. The largest absolute Gasteiger partial charge is 0.481 e. The van der Waals surface area contributed by atoms with Crippen molar-refractivity contribution in [2.24, 2.45) is 0 Å². The zero-order valence-corrected chi connectivity index (χ0v) is 6.12. The number of nitrogens with two attached hydrogens (primary N) is 1. The maximum absolute atomic E-state index is 12.6. The summed E-state index contributed by atoms with van der Waals surface area (Å²) in [6.45, 7) is 0. The lowest BCUT2D eigenvalue weighted by molar-refractivity contribution is -0.136. The Morgan fingerprint density at radius 1 is 1.67 bits per heavy atom. The van der Waals surface area contributed by atoms with Crippen LogP contribution in [0.5, 0.6) is 0 Å². The molecule has 0 spiro atoms. The molecule has 1 heterocycles. The summed E-state index contributed by atoms with van der Waals surface area (Å²) in [5, 5.41) is 8.38. The summed E-state index contributed by atoms with van der Waals surface area (Å²) in [4.78, 5) is 13.7. The maximum Gasteiger partial charge on any atom is 0.307 e. The van der Waals surface area contributed by atoms with Gasteiger partial charge in [-0.05, 0) is 0 Å². The van der Waals surface area contributed by atoms with E-state index < -0.39 is 11.8 Å². The number of carboxylic acids is 1. The lowest BCUT2D eigenvalue weighted by Crippen LogP contribution is -2.05. The SMILES string of the molecule is Nc1c(F)cncc1CC(=O)O. The number of carboxylic acid groups (broad SMARTS) is 1. The number of nitrogen functional groups attached to an aromatic ring is 1. The van der Waals surface area contributed by atoms with Gasteiger partial charge in [0.2, 0.25) is 0 Å². The highest BCUT2D eigenvalue weighted by Crippen LogP contribution is 2.14. The van der Waals surface area contributed by atoms with Gasteiger partial charge in [-0.15, -0.1) is 0 Å². The minimum atomic E-state index is -1.06. The van der Waals surface area contributed by atoms with E-state index in [-0.39, 0.29) is 17.7 Å². The van der Waals surface area contributed by atoms with Gasteiger partial charge in [-0.2, -0.15) is 0 Å². The molecule has 0 radical (unpaired) electrons. The van der Waals surface area contributed by atoms with Crippen LogP contribution in [0.25, 0.3) is 0 Å². The van der Waals surface area contributed by atoms with E-state index in [9.17, 15) is 9.18 Å². The van der Waals surface area contributed by atoms with E-state index in [1.807, 2.05) is 0 Å². The molecule has 0 bridgehead atoms. The van der Waals surface area contributed by atoms with Crippen molar-refractivity contribution in [3.8, 4) is 0 Å². The maximum atomic E-state index is 12.6. The number of nitrogens with zero attached hydrogens (tertiary/aromatic N) is 1. The third kappa shape index (κ3) is 1.69. The van der Waals surface area contributed by atoms with Crippen LogP contribution < -0.4 is 5.73 Å². The fourth-order valence-corrected chi connectivity index (χ4v) is 0.789. The Morgan fingerprint density at radius 2 is 2.33 bits per heavy atom. The van der Waals surface area contributed by atoms with Crippen LogP contribution in [-0.2, 0) is 11.2 Å². The topological polar surface area (TPSA) is 76.2 Å². The summed E-state index contributed by atoms with van der Waals surface area (Å²) >= 11 is 0. The molecule has 64 valence electrons. The number of rotatable bonds is 2. The number of hydrogen-bond donors (Lipinski definition) is 2. The lowest BCUT2D eigenvalue weighted by atomic mass is 10.2. The van der Waals surface area contributed by atoms with Gasteiger partial charge in [-0.25, -0.2) is 4.39 Å². The third-order valence-electron chi connectivity index (χ3n) is 1.36. The van der Waals surface area contributed by atoms with Crippen LogP contribution >= 0.6 is 0 Å². The Balaban J connectivity index is 3.00. The Morgan fingerprint density at radius 3 is 2.92 bits per heavy atom. The number of halogens is 1. The molecule has 12 heavy (non-hydrogen) atoms. The Hall–Kier alpha value is -1.65. The number of pyridine rings is 1. The van der Waals surface area contributed by atoms with Crippen molar-refractivity contribution in [2.75, 3.05) is 5.73 Å². The predicted molar refractivity (Wildman–Crippen MR) is 39.9 cm³/mol. The fourth-order valence-electron chi connectivity index (χ4n) is 0.789. The van der Waals surface area contributed by atoms with Gasteiger partial charge in [-0.3, -0.25) is 9.78 Å². The van der Waals surface area contributed by atoms with Crippen molar-refractivity contribution in [2.45, 2.75) is 6.42 Å². The molecule has 0 saturated carbocycles. The first kappa shape index (κ1) is 8.45. The van der Waals surface area contributed by atoms with Gasteiger partial charge in [0.15, 0.2) is 5.82 Å². The van der Waals surface area contributed by atoms with Crippen molar-refractivity contribution < 1.29 is 14.3 Å². The van der Waals surface area contributed by atoms with Crippen molar-refractivity contribution >= 4 is 11.7 Å². The molecular weight excluding hydrogens is 163 g/mol. The van der Waals surface area contributed by atoms with Crippen molar-refractivity contribution in [3.63, 3.8) is 0 Å². The van der Waals surface area contributed by atoms with E-state index in [1.54, 1.807) is 0 Å². The van der Waals surface area contributed by atoms with Crippen molar-refractivity contribution in [3.05, 3.63) is 23.8 Å². The summed E-state index contributed by atoms with van der Waals surface area (Å²) in [6, 6.07) is 0. The van der Waals surface area contributed by atoms with E-state index in [0.717, 1.165) is 6.20 Å². The predicted octanol–water partition coefficient (Wildman–Crippen LogP) is 0.430. The molecule has 0 amide bonds. The number of carbonyl (C=O) groups is 1. The molecule has 0 aliphatic rings. The molecule has 0 saturated heterocycles.